The first-order valence-corrected chi connectivity index (χ1v) is 14.4. The van der Waals surface area contributed by atoms with Crippen LogP contribution in [0.5, 0.6) is 0 Å². The van der Waals surface area contributed by atoms with Crippen LogP contribution in [0, 0.1) is 17.8 Å². The Morgan fingerprint density at radius 3 is 2.70 bits per heavy atom. The Bertz CT molecular complexity index is 1040. The van der Waals surface area contributed by atoms with Crippen molar-refractivity contribution in [2.24, 2.45) is 17.8 Å². The van der Waals surface area contributed by atoms with E-state index in [0.29, 0.717) is 5.92 Å². The summed E-state index contributed by atoms with van der Waals surface area (Å²) in [7, 11) is 0. The Balaban J connectivity index is 0.00000156. The number of rotatable bonds is 8. The average Bonchev–Trinajstić information content (AvgIpc) is 3.23. The van der Waals surface area contributed by atoms with E-state index in [4.69, 9.17) is 14.2 Å². The number of aromatic nitrogens is 1. The van der Waals surface area contributed by atoms with Gasteiger partial charge in [0.15, 0.2) is 5.76 Å². The maximum Gasteiger partial charge on any atom is 0.202 e. The number of nitrogens with one attached hydrogen (secondary N) is 1. The minimum atomic E-state index is 0.242. The van der Waals surface area contributed by atoms with Crippen molar-refractivity contribution in [1.29, 1.82) is 0 Å². The summed E-state index contributed by atoms with van der Waals surface area (Å²) in [6, 6.07) is 10.9. The molecule has 2 heterocycles. The predicted octanol–water partition coefficient (Wildman–Crippen LogP) is 6.47. The van der Waals surface area contributed by atoms with E-state index in [1.54, 1.807) is 10.5 Å². The molecule has 0 bridgehead atoms. The molecule has 0 saturated carbocycles. The van der Waals surface area contributed by atoms with Crippen LogP contribution in [0.3, 0.4) is 0 Å². The van der Waals surface area contributed by atoms with Crippen molar-refractivity contribution in [2.45, 2.75) is 77.2 Å². The standard InChI is InChI=1S/C32H42N2O.CH2O/c1-2-26-19-20-34(23-29(26)21-25-13-7-5-8-14-25)24-30-22-33-32(35-30)31(28-17-11-6-12-18-28)27-15-9-3-4-10-16-27;1-2/h3,6-7,9,11-14,17-18,22,26-27,29,31H,2,4-5,8,10,15-16,19-21,23-24H2,1H3;1H2/p+1. The highest BCUT2D eigenvalue weighted by atomic mass is 16.4. The average molecular weight is 502 g/mol. The van der Waals surface area contributed by atoms with Gasteiger partial charge in [0.05, 0.1) is 25.2 Å². The summed E-state index contributed by atoms with van der Waals surface area (Å²) in [5.41, 5.74) is 2.90. The SMILES string of the molecule is C=O.CCC1CC[NH+](Cc2cnc(C(c3ccccc3)C3CC=CCCC3)o2)CC1CC1=CCCC=C1. The Morgan fingerprint density at radius 2 is 1.92 bits per heavy atom. The minimum Gasteiger partial charge on any atom is -0.439 e. The second kappa shape index (κ2) is 14.3. The Kier molecular flexibility index (Phi) is 10.5. The lowest BCUT2D eigenvalue weighted by Gasteiger charge is -2.36. The first-order valence-electron chi connectivity index (χ1n) is 14.4. The van der Waals surface area contributed by atoms with Gasteiger partial charge in [-0.1, -0.05) is 79.6 Å². The molecule has 3 aliphatic rings. The molecule has 5 unspecified atom stereocenters. The molecule has 37 heavy (non-hydrogen) atoms. The monoisotopic (exact) mass is 501 g/mol. The van der Waals surface area contributed by atoms with Gasteiger partial charge in [-0.3, -0.25) is 0 Å². The van der Waals surface area contributed by atoms with Crippen LogP contribution in [0.1, 0.15) is 87.8 Å². The number of oxazole rings is 1. The summed E-state index contributed by atoms with van der Waals surface area (Å²) in [5.74, 6) is 4.40. The lowest BCUT2D eigenvalue weighted by Crippen LogP contribution is -3.12. The molecule has 4 nitrogen and oxygen atoms in total. The van der Waals surface area contributed by atoms with Crippen LogP contribution >= 0.6 is 0 Å². The third-order valence-electron chi connectivity index (χ3n) is 8.62. The van der Waals surface area contributed by atoms with E-state index in [-0.39, 0.29) is 5.92 Å². The van der Waals surface area contributed by atoms with E-state index in [0.717, 1.165) is 36.5 Å². The van der Waals surface area contributed by atoms with Crippen LogP contribution in [0.15, 0.2) is 76.9 Å². The summed E-state index contributed by atoms with van der Waals surface area (Å²) < 4.78 is 6.56. The van der Waals surface area contributed by atoms with Crippen molar-refractivity contribution in [1.82, 2.24) is 4.98 Å². The molecule has 1 aromatic heterocycles. The van der Waals surface area contributed by atoms with Crippen molar-refractivity contribution < 1.29 is 14.1 Å². The number of hydrogen-bond acceptors (Lipinski definition) is 3. The highest BCUT2D eigenvalue weighted by molar-refractivity contribution is 5.26. The molecule has 5 atom stereocenters. The summed E-state index contributed by atoms with van der Waals surface area (Å²) >= 11 is 0. The van der Waals surface area contributed by atoms with Gasteiger partial charge in [-0.15, -0.1) is 0 Å². The number of piperidine rings is 1. The van der Waals surface area contributed by atoms with E-state index >= 15 is 0 Å². The molecule has 1 aliphatic heterocycles. The van der Waals surface area contributed by atoms with Gasteiger partial charge in [0.2, 0.25) is 5.89 Å². The van der Waals surface area contributed by atoms with Crippen LogP contribution in [-0.2, 0) is 11.3 Å². The largest absolute Gasteiger partial charge is 0.439 e. The molecule has 1 saturated heterocycles. The van der Waals surface area contributed by atoms with Crippen molar-refractivity contribution >= 4 is 6.79 Å². The summed E-state index contributed by atoms with van der Waals surface area (Å²) in [5, 5.41) is 0. The lowest BCUT2D eigenvalue weighted by atomic mass is 9.79. The Morgan fingerprint density at radius 1 is 1.05 bits per heavy atom. The normalized spacial score (nSPS) is 26.5. The number of carbonyl (C=O) groups is 1. The Hall–Kier alpha value is -2.72. The van der Waals surface area contributed by atoms with Crippen molar-refractivity contribution in [3.05, 3.63) is 89.7 Å². The van der Waals surface area contributed by atoms with Crippen LogP contribution in [0.4, 0.5) is 0 Å². The maximum absolute atomic E-state index is 8.00. The predicted molar refractivity (Wildman–Crippen MR) is 150 cm³/mol. The van der Waals surface area contributed by atoms with Crippen molar-refractivity contribution in [2.75, 3.05) is 13.1 Å². The molecule has 1 N–H and O–H groups in total. The van der Waals surface area contributed by atoms with E-state index in [2.05, 4.69) is 67.6 Å². The summed E-state index contributed by atoms with van der Waals surface area (Å²) in [4.78, 5) is 14.5. The first kappa shape index (κ1) is 27.3. The van der Waals surface area contributed by atoms with Crippen LogP contribution in [-0.4, -0.2) is 24.9 Å². The zero-order valence-electron chi connectivity index (χ0n) is 22.6. The van der Waals surface area contributed by atoms with Crippen LogP contribution < -0.4 is 4.90 Å². The van der Waals surface area contributed by atoms with Gasteiger partial charge < -0.3 is 14.1 Å². The van der Waals surface area contributed by atoms with Crippen LogP contribution in [0.25, 0.3) is 0 Å². The number of likely N-dealkylation sites (tertiary alicyclic amines) is 1. The van der Waals surface area contributed by atoms with Gasteiger partial charge in [-0.25, -0.2) is 4.98 Å². The van der Waals surface area contributed by atoms with Crippen molar-refractivity contribution in [3.8, 4) is 0 Å². The number of benzene rings is 1. The molecule has 4 heteroatoms. The quantitative estimate of drug-likeness (QED) is 0.422. The van der Waals surface area contributed by atoms with Crippen LogP contribution in [0.2, 0.25) is 0 Å². The van der Waals surface area contributed by atoms with Crippen molar-refractivity contribution in [3.63, 3.8) is 0 Å². The van der Waals surface area contributed by atoms with Gasteiger partial charge in [0.1, 0.15) is 13.3 Å². The third-order valence-corrected chi connectivity index (χ3v) is 8.62. The number of hydrogen-bond donors (Lipinski definition) is 1. The molecule has 0 radical (unpaired) electrons. The minimum absolute atomic E-state index is 0.242. The van der Waals surface area contributed by atoms with Gasteiger partial charge in [-0.05, 0) is 68.8 Å². The van der Waals surface area contributed by atoms with E-state index in [1.807, 2.05) is 13.0 Å². The number of allylic oxidation sites excluding steroid dienone is 6. The van der Waals surface area contributed by atoms with Gasteiger partial charge in [-0.2, -0.15) is 0 Å². The van der Waals surface area contributed by atoms with E-state index in [9.17, 15) is 0 Å². The third kappa shape index (κ3) is 7.41. The molecular weight excluding hydrogens is 456 g/mol. The van der Waals surface area contributed by atoms with Gasteiger partial charge in [0.25, 0.3) is 0 Å². The molecule has 5 rings (SSSR count). The molecule has 0 spiro atoms. The second-order valence-corrected chi connectivity index (χ2v) is 11.0. The first-order chi connectivity index (χ1) is 18.3. The second-order valence-electron chi connectivity index (χ2n) is 11.0. The number of quaternary nitrogens is 1. The molecule has 2 aliphatic carbocycles. The Labute approximate surface area is 223 Å². The van der Waals surface area contributed by atoms with E-state index < -0.39 is 0 Å². The molecule has 198 valence electrons. The topological polar surface area (TPSA) is 47.5 Å². The maximum atomic E-state index is 8.00. The van der Waals surface area contributed by atoms with Gasteiger partial charge >= 0.3 is 0 Å². The fourth-order valence-corrected chi connectivity index (χ4v) is 6.70. The highest BCUT2D eigenvalue weighted by Crippen LogP contribution is 2.38. The summed E-state index contributed by atoms with van der Waals surface area (Å²) in [6.45, 7) is 7.83. The van der Waals surface area contributed by atoms with E-state index in [1.165, 1.54) is 70.0 Å². The zero-order chi connectivity index (χ0) is 25.9. The smallest absolute Gasteiger partial charge is 0.202 e. The molecule has 1 fully saturated rings. The number of carbonyl (C=O) groups excluding carboxylic acids is 1. The van der Waals surface area contributed by atoms with Gasteiger partial charge in [0, 0.05) is 5.92 Å². The number of nitrogens with zero attached hydrogens (tertiary/aromatic N) is 1. The molecule has 1 aromatic carbocycles. The highest BCUT2D eigenvalue weighted by Gasteiger charge is 2.33. The lowest BCUT2D eigenvalue weighted by molar-refractivity contribution is -0.924. The summed E-state index contributed by atoms with van der Waals surface area (Å²) in [6.07, 6.45) is 25.0. The fourth-order valence-electron chi connectivity index (χ4n) is 6.70. The molecule has 0 amide bonds. The molecular formula is C33H45N2O2+. The molecule has 2 aromatic rings. The fraction of sp³-hybridized carbons (Fsp3) is 0.515. The zero-order valence-corrected chi connectivity index (χ0v) is 22.6.